The van der Waals surface area contributed by atoms with Crippen molar-refractivity contribution in [3.8, 4) is 0 Å². The Labute approximate surface area is 109 Å². The van der Waals surface area contributed by atoms with E-state index in [1.165, 1.54) is 12.1 Å². The van der Waals surface area contributed by atoms with Crippen LogP contribution in [-0.4, -0.2) is 35.7 Å². The largest absolute Gasteiger partial charge is 0.479 e. The van der Waals surface area contributed by atoms with E-state index in [1.54, 1.807) is 6.92 Å². The Morgan fingerprint density at radius 3 is 2.68 bits per heavy atom. The first kappa shape index (κ1) is 13.5. The third-order valence-electron chi connectivity index (χ3n) is 3.09. The Kier molecular flexibility index (Phi) is 3.53. The molecule has 19 heavy (non-hydrogen) atoms. The van der Waals surface area contributed by atoms with Crippen molar-refractivity contribution in [1.82, 2.24) is 5.32 Å². The maximum Gasteiger partial charge on any atom is 0.331 e. The monoisotopic (exact) mass is 267 g/mol. The second kappa shape index (κ2) is 4.97. The van der Waals surface area contributed by atoms with Crippen molar-refractivity contribution in [2.75, 3.05) is 13.2 Å². The molecule has 2 rings (SSSR count). The van der Waals surface area contributed by atoms with Crippen LogP contribution in [0, 0.1) is 12.7 Å². The molecule has 102 valence electrons. The van der Waals surface area contributed by atoms with Crippen LogP contribution < -0.4 is 5.32 Å². The number of halogens is 1. The molecule has 1 aromatic rings. The summed E-state index contributed by atoms with van der Waals surface area (Å²) in [6.07, 6.45) is 0.197. The van der Waals surface area contributed by atoms with Gasteiger partial charge in [-0.1, -0.05) is 0 Å². The van der Waals surface area contributed by atoms with Crippen LogP contribution in [0.1, 0.15) is 22.3 Å². The zero-order valence-electron chi connectivity index (χ0n) is 10.4. The van der Waals surface area contributed by atoms with E-state index < -0.39 is 23.2 Å². The minimum Gasteiger partial charge on any atom is -0.479 e. The summed E-state index contributed by atoms with van der Waals surface area (Å²) in [5, 5.41) is 11.6. The van der Waals surface area contributed by atoms with E-state index in [2.05, 4.69) is 5.32 Å². The summed E-state index contributed by atoms with van der Waals surface area (Å²) in [6.45, 7) is 1.85. The summed E-state index contributed by atoms with van der Waals surface area (Å²) in [5.74, 6) is -2.29. The first-order valence-electron chi connectivity index (χ1n) is 5.84. The molecule has 2 N–H and O–H groups in total. The van der Waals surface area contributed by atoms with Crippen molar-refractivity contribution in [1.29, 1.82) is 0 Å². The first-order chi connectivity index (χ1) is 8.93. The first-order valence-corrected chi connectivity index (χ1v) is 5.84. The van der Waals surface area contributed by atoms with Crippen molar-refractivity contribution >= 4 is 11.9 Å². The highest BCUT2D eigenvalue weighted by atomic mass is 19.1. The topological polar surface area (TPSA) is 75.6 Å². The standard InChI is InChI=1S/C13H14FNO4/c1-8-4-9(6-10(14)5-8)11(16)15-13(12(17)18)2-3-19-7-13/h4-6H,2-3,7H2,1H3,(H,15,16)(H,17,18). The molecule has 1 aliphatic heterocycles. The van der Waals surface area contributed by atoms with Crippen LogP contribution in [0.4, 0.5) is 4.39 Å². The third kappa shape index (κ3) is 2.73. The van der Waals surface area contributed by atoms with Gasteiger partial charge in [-0.15, -0.1) is 0 Å². The van der Waals surface area contributed by atoms with Gasteiger partial charge in [-0.05, 0) is 30.7 Å². The summed E-state index contributed by atoms with van der Waals surface area (Å²) in [7, 11) is 0. The summed E-state index contributed by atoms with van der Waals surface area (Å²) in [4.78, 5) is 23.3. The molecule has 0 aromatic heterocycles. The van der Waals surface area contributed by atoms with Gasteiger partial charge in [0.05, 0.1) is 6.61 Å². The molecular formula is C13H14FNO4. The number of amides is 1. The summed E-state index contributed by atoms with van der Waals surface area (Å²) in [5.41, 5.74) is -0.723. The normalized spacial score (nSPS) is 22.2. The SMILES string of the molecule is Cc1cc(F)cc(C(=O)NC2(C(=O)O)CCOC2)c1. The van der Waals surface area contributed by atoms with E-state index in [0.29, 0.717) is 5.56 Å². The van der Waals surface area contributed by atoms with Gasteiger partial charge in [-0.3, -0.25) is 4.79 Å². The van der Waals surface area contributed by atoms with Gasteiger partial charge in [0, 0.05) is 18.6 Å². The zero-order valence-corrected chi connectivity index (χ0v) is 10.4. The Morgan fingerprint density at radius 1 is 1.42 bits per heavy atom. The summed E-state index contributed by atoms with van der Waals surface area (Å²) >= 11 is 0. The van der Waals surface area contributed by atoms with Crippen LogP contribution >= 0.6 is 0 Å². The number of carboxylic acids is 1. The molecule has 1 aliphatic rings. The number of hydrogen-bond acceptors (Lipinski definition) is 3. The van der Waals surface area contributed by atoms with Gasteiger partial charge >= 0.3 is 5.97 Å². The molecule has 0 spiro atoms. The number of rotatable bonds is 3. The molecular weight excluding hydrogens is 253 g/mol. The highest BCUT2D eigenvalue weighted by molar-refractivity contribution is 5.98. The molecule has 1 amide bonds. The average molecular weight is 267 g/mol. The maximum absolute atomic E-state index is 13.2. The van der Waals surface area contributed by atoms with Crippen molar-refractivity contribution in [2.24, 2.45) is 0 Å². The Hall–Kier alpha value is -1.95. The quantitative estimate of drug-likeness (QED) is 0.860. The number of nitrogens with one attached hydrogen (secondary N) is 1. The number of benzene rings is 1. The maximum atomic E-state index is 13.2. The molecule has 0 saturated carbocycles. The molecule has 0 bridgehead atoms. The Morgan fingerprint density at radius 2 is 2.16 bits per heavy atom. The third-order valence-corrected chi connectivity index (χ3v) is 3.09. The van der Waals surface area contributed by atoms with Gasteiger partial charge in [0.1, 0.15) is 5.82 Å². The van der Waals surface area contributed by atoms with E-state index in [4.69, 9.17) is 4.74 Å². The molecule has 1 unspecified atom stereocenters. The van der Waals surface area contributed by atoms with Crippen molar-refractivity contribution in [3.05, 3.63) is 35.1 Å². The molecule has 0 radical (unpaired) electrons. The van der Waals surface area contributed by atoms with Crippen molar-refractivity contribution in [2.45, 2.75) is 18.9 Å². The number of aryl methyl sites for hydroxylation is 1. The summed E-state index contributed by atoms with van der Waals surface area (Å²) in [6, 6.07) is 3.87. The lowest BCUT2D eigenvalue weighted by Gasteiger charge is -2.23. The smallest absolute Gasteiger partial charge is 0.331 e. The lowest BCUT2D eigenvalue weighted by molar-refractivity contribution is -0.144. The molecule has 1 fully saturated rings. The molecule has 5 nitrogen and oxygen atoms in total. The molecule has 1 atom stereocenters. The lowest BCUT2D eigenvalue weighted by atomic mass is 9.98. The number of carbonyl (C=O) groups is 2. The molecule has 1 heterocycles. The molecule has 6 heteroatoms. The van der Waals surface area contributed by atoms with Crippen LogP contribution in [-0.2, 0) is 9.53 Å². The van der Waals surface area contributed by atoms with Gasteiger partial charge in [0.25, 0.3) is 5.91 Å². The van der Waals surface area contributed by atoms with Crippen LogP contribution in [0.2, 0.25) is 0 Å². The van der Waals surface area contributed by atoms with Crippen molar-refractivity contribution < 1.29 is 23.8 Å². The van der Waals surface area contributed by atoms with E-state index >= 15 is 0 Å². The fourth-order valence-electron chi connectivity index (χ4n) is 2.04. The predicted molar refractivity (Wildman–Crippen MR) is 64.4 cm³/mol. The number of ether oxygens (including phenoxy) is 1. The van der Waals surface area contributed by atoms with Gasteiger partial charge in [0.2, 0.25) is 0 Å². The van der Waals surface area contributed by atoms with Crippen LogP contribution in [0.25, 0.3) is 0 Å². The van der Waals surface area contributed by atoms with E-state index in [0.717, 1.165) is 6.07 Å². The van der Waals surface area contributed by atoms with E-state index in [9.17, 15) is 19.1 Å². The minimum absolute atomic E-state index is 0.0810. The van der Waals surface area contributed by atoms with Gasteiger partial charge in [-0.25, -0.2) is 9.18 Å². The van der Waals surface area contributed by atoms with Crippen LogP contribution in [0.5, 0.6) is 0 Å². The second-order valence-corrected chi connectivity index (χ2v) is 4.66. The second-order valence-electron chi connectivity index (χ2n) is 4.66. The summed E-state index contributed by atoms with van der Waals surface area (Å²) < 4.78 is 18.3. The predicted octanol–water partition coefficient (Wildman–Crippen LogP) is 1.11. The van der Waals surface area contributed by atoms with E-state index in [-0.39, 0.29) is 25.2 Å². The van der Waals surface area contributed by atoms with Crippen LogP contribution in [0.15, 0.2) is 18.2 Å². The van der Waals surface area contributed by atoms with Gasteiger partial charge in [-0.2, -0.15) is 0 Å². The molecule has 1 saturated heterocycles. The Balaban J connectivity index is 2.22. The minimum atomic E-state index is -1.42. The average Bonchev–Trinajstić information content (AvgIpc) is 2.77. The van der Waals surface area contributed by atoms with E-state index in [1.807, 2.05) is 0 Å². The molecule has 1 aromatic carbocycles. The van der Waals surface area contributed by atoms with Crippen LogP contribution in [0.3, 0.4) is 0 Å². The fourth-order valence-corrected chi connectivity index (χ4v) is 2.04. The highest BCUT2D eigenvalue weighted by Gasteiger charge is 2.44. The fraction of sp³-hybridized carbons (Fsp3) is 0.385. The highest BCUT2D eigenvalue weighted by Crippen LogP contribution is 2.20. The Bertz CT molecular complexity index is 503. The number of hydrogen-bond donors (Lipinski definition) is 2. The van der Waals surface area contributed by atoms with Gasteiger partial charge in [0.15, 0.2) is 5.54 Å². The van der Waals surface area contributed by atoms with Crippen molar-refractivity contribution in [3.63, 3.8) is 0 Å². The van der Waals surface area contributed by atoms with Gasteiger partial charge < -0.3 is 15.2 Å². The number of carboxylic acid groups (broad SMARTS) is 1. The lowest BCUT2D eigenvalue weighted by Crippen LogP contribution is -2.55. The molecule has 0 aliphatic carbocycles. The number of aliphatic carboxylic acids is 1. The zero-order chi connectivity index (χ0) is 14.0. The number of carbonyl (C=O) groups excluding carboxylic acids is 1.